The van der Waals surface area contributed by atoms with Crippen LogP contribution in [0.15, 0.2) is 16.6 Å². The number of phenols is 1. The Morgan fingerprint density at radius 3 is 3.07 bits per heavy atom. The number of benzene rings is 1. The van der Waals surface area contributed by atoms with E-state index in [0.29, 0.717) is 11.7 Å². The van der Waals surface area contributed by atoms with E-state index in [0.717, 1.165) is 24.0 Å². The van der Waals surface area contributed by atoms with Gasteiger partial charge in [-0.3, -0.25) is 0 Å². The first-order valence-corrected chi connectivity index (χ1v) is 5.70. The molecule has 0 fully saturated rings. The van der Waals surface area contributed by atoms with E-state index >= 15 is 0 Å². The molecule has 0 saturated heterocycles. The molecule has 0 saturated carbocycles. The van der Waals surface area contributed by atoms with Crippen molar-refractivity contribution in [2.45, 2.75) is 19.3 Å². The van der Waals surface area contributed by atoms with Crippen molar-refractivity contribution in [3.8, 4) is 5.75 Å². The molecule has 0 spiro atoms. The van der Waals surface area contributed by atoms with Crippen molar-refractivity contribution < 1.29 is 5.11 Å². The number of nitrogens with one attached hydrogen (secondary N) is 1. The molecule has 1 heterocycles. The summed E-state index contributed by atoms with van der Waals surface area (Å²) in [6, 6.07) is 3.92. The Morgan fingerprint density at radius 2 is 2.29 bits per heavy atom. The molecule has 3 heteroatoms. The van der Waals surface area contributed by atoms with Crippen LogP contribution >= 0.6 is 15.9 Å². The maximum absolute atomic E-state index is 9.59. The van der Waals surface area contributed by atoms with Crippen molar-refractivity contribution in [1.29, 1.82) is 0 Å². The number of fused-ring (bicyclic) bond motifs is 1. The molecule has 0 aromatic heterocycles. The van der Waals surface area contributed by atoms with Gasteiger partial charge in [-0.05, 0) is 58.1 Å². The summed E-state index contributed by atoms with van der Waals surface area (Å²) in [4.78, 5) is 0. The maximum Gasteiger partial charge on any atom is 0.130 e. The summed E-state index contributed by atoms with van der Waals surface area (Å²) in [5.41, 5.74) is 2.61. The highest BCUT2D eigenvalue weighted by molar-refractivity contribution is 9.10. The van der Waals surface area contributed by atoms with Gasteiger partial charge >= 0.3 is 0 Å². The van der Waals surface area contributed by atoms with Crippen LogP contribution in [-0.4, -0.2) is 18.2 Å². The van der Waals surface area contributed by atoms with Gasteiger partial charge in [-0.1, -0.05) is 6.92 Å². The van der Waals surface area contributed by atoms with Gasteiger partial charge < -0.3 is 10.4 Å². The van der Waals surface area contributed by atoms with Gasteiger partial charge in [-0.25, -0.2) is 0 Å². The van der Waals surface area contributed by atoms with Gasteiger partial charge in [0.25, 0.3) is 0 Å². The van der Waals surface area contributed by atoms with Crippen LogP contribution in [0.5, 0.6) is 5.75 Å². The van der Waals surface area contributed by atoms with Crippen LogP contribution in [-0.2, 0) is 6.42 Å². The molecule has 1 aliphatic rings. The van der Waals surface area contributed by atoms with Crippen LogP contribution < -0.4 is 5.32 Å². The molecule has 2 N–H and O–H groups in total. The zero-order chi connectivity index (χ0) is 10.1. The zero-order valence-electron chi connectivity index (χ0n) is 8.18. The zero-order valence-corrected chi connectivity index (χ0v) is 9.76. The standard InChI is InChI=1S/C11H14BrNO/c1-7-6-13-3-2-8-4-11(14)10(12)5-9(7)8/h4-5,7,13-14H,2-3,6H2,1H3/t7-/m0/s1. The van der Waals surface area contributed by atoms with Crippen molar-refractivity contribution >= 4 is 15.9 Å². The predicted molar refractivity (Wildman–Crippen MR) is 60.8 cm³/mol. The summed E-state index contributed by atoms with van der Waals surface area (Å²) in [7, 11) is 0. The molecule has 2 nitrogen and oxygen atoms in total. The second kappa shape index (κ2) is 3.91. The number of phenolic OH excluding ortho intramolecular Hbond substituents is 1. The molecule has 1 atom stereocenters. The molecular formula is C11H14BrNO. The van der Waals surface area contributed by atoms with Crippen LogP contribution in [0.1, 0.15) is 24.0 Å². The summed E-state index contributed by atoms with van der Waals surface area (Å²) < 4.78 is 0.796. The van der Waals surface area contributed by atoms with Gasteiger partial charge in [0.2, 0.25) is 0 Å². The molecule has 1 aliphatic heterocycles. The first-order valence-electron chi connectivity index (χ1n) is 4.90. The third kappa shape index (κ3) is 1.79. The average Bonchev–Trinajstić information content (AvgIpc) is 2.31. The molecule has 1 aromatic rings. The second-order valence-corrected chi connectivity index (χ2v) is 4.71. The third-order valence-electron chi connectivity index (χ3n) is 2.76. The summed E-state index contributed by atoms with van der Waals surface area (Å²) in [6.07, 6.45) is 1.00. The number of hydrogen-bond acceptors (Lipinski definition) is 2. The molecule has 0 bridgehead atoms. The number of halogens is 1. The Morgan fingerprint density at radius 1 is 1.50 bits per heavy atom. The fourth-order valence-electron chi connectivity index (χ4n) is 1.95. The number of hydrogen-bond donors (Lipinski definition) is 2. The molecule has 14 heavy (non-hydrogen) atoms. The highest BCUT2D eigenvalue weighted by Crippen LogP contribution is 2.32. The van der Waals surface area contributed by atoms with Crippen molar-refractivity contribution in [2.24, 2.45) is 0 Å². The summed E-state index contributed by atoms with van der Waals surface area (Å²) in [5.74, 6) is 0.863. The molecule has 2 rings (SSSR count). The molecule has 76 valence electrons. The Kier molecular flexibility index (Phi) is 2.79. The lowest BCUT2D eigenvalue weighted by atomic mass is 9.95. The van der Waals surface area contributed by atoms with Crippen LogP contribution in [0.2, 0.25) is 0 Å². The topological polar surface area (TPSA) is 32.3 Å². The number of rotatable bonds is 0. The van der Waals surface area contributed by atoms with Crippen LogP contribution in [0.4, 0.5) is 0 Å². The summed E-state index contributed by atoms with van der Waals surface area (Å²) >= 11 is 3.36. The Balaban J connectivity index is 2.49. The minimum absolute atomic E-state index is 0.345. The third-order valence-corrected chi connectivity index (χ3v) is 3.40. The second-order valence-electron chi connectivity index (χ2n) is 3.86. The molecule has 0 aliphatic carbocycles. The van der Waals surface area contributed by atoms with Gasteiger partial charge in [0.05, 0.1) is 4.47 Å². The van der Waals surface area contributed by atoms with Gasteiger partial charge in [0, 0.05) is 6.54 Å². The smallest absolute Gasteiger partial charge is 0.130 e. The Bertz CT molecular complexity index is 351. The van der Waals surface area contributed by atoms with Gasteiger partial charge in [-0.15, -0.1) is 0 Å². The van der Waals surface area contributed by atoms with Gasteiger partial charge in [-0.2, -0.15) is 0 Å². The van der Waals surface area contributed by atoms with Crippen molar-refractivity contribution in [1.82, 2.24) is 5.32 Å². The highest BCUT2D eigenvalue weighted by atomic mass is 79.9. The summed E-state index contributed by atoms with van der Waals surface area (Å²) in [5, 5.41) is 13.0. The van der Waals surface area contributed by atoms with E-state index in [4.69, 9.17) is 0 Å². The minimum Gasteiger partial charge on any atom is -0.507 e. The van der Waals surface area contributed by atoms with E-state index in [2.05, 4.69) is 28.2 Å². The molecule has 0 amide bonds. The van der Waals surface area contributed by atoms with E-state index in [1.54, 1.807) is 0 Å². The molecular weight excluding hydrogens is 242 g/mol. The van der Waals surface area contributed by atoms with Gasteiger partial charge in [0.1, 0.15) is 5.75 Å². The fourth-order valence-corrected chi connectivity index (χ4v) is 2.31. The molecule has 0 unspecified atom stereocenters. The lowest BCUT2D eigenvalue weighted by molar-refractivity contribution is 0.470. The van der Waals surface area contributed by atoms with Gasteiger partial charge in [0.15, 0.2) is 0 Å². The minimum atomic E-state index is 0.345. The summed E-state index contributed by atoms with van der Waals surface area (Å²) in [6.45, 7) is 4.23. The lowest BCUT2D eigenvalue weighted by Gasteiger charge is -2.13. The van der Waals surface area contributed by atoms with E-state index in [1.165, 1.54) is 11.1 Å². The molecule has 1 aromatic carbocycles. The average molecular weight is 256 g/mol. The fraction of sp³-hybridized carbons (Fsp3) is 0.455. The quantitative estimate of drug-likeness (QED) is 0.747. The highest BCUT2D eigenvalue weighted by Gasteiger charge is 2.16. The first kappa shape index (κ1) is 9.99. The predicted octanol–water partition coefficient (Wildman–Crippen LogP) is 2.40. The van der Waals surface area contributed by atoms with E-state index in [1.807, 2.05) is 12.1 Å². The van der Waals surface area contributed by atoms with E-state index in [-0.39, 0.29) is 0 Å². The Labute approximate surface area is 92.5 Å². The largest absolute Gasteiger partial charge is 0.507 e. The lowest BCUT2D eigenvalue weighted by Crippen LogP contribution is -2.18. The van der Waals surface area contributed by atoms with Crippen molar-refractivity contribution in [2.75, 3.05) is 13.1 Å². The SMILES string of the molecule is C[C@H]1CNCCc2cc(O)c(Br)cc21. The number of aromatic hydroxyl groups is 1. The van der Waals surface area contributed by atoms with Crippen LogP contribution in [0.25, 0.3) is 0 Å². The van der Waals surface area contributed by atoms with Crippen molar-refractivity contribution in [3.63, 3.8) is 0 Å². The Hall–Kier alpha value is -0.540. The monoisotopic (exact) mass is 255 g/mol. The van der Waals surface area contributed by atoms with Crippen LogP contribution in [0, 0.1) is 0 Å². The van der Waals surface area contributed by atoms with E-state index < -0.39 is 0 Å². The normalized spacial score (nSPS) is 21.4. The van der Waals surface area contributed by atoms with E-state index in [9.17, 15) is 5.11 Å². The first-order chi connectivity index (χ1) is 6.68. The van der Waals surface area contributed by atoms with Crippen molar-refractivity contribution in [3.05, 3.63) is 27.7 Å². The molecule has 0 radical (unpaired) electrons. The van der Waals surface area contributed by atoms with Crippen LogP contribution in [0.3, 0.4) is 0 Å². The maximum atomic E-state index is 9.59.